The maximum Gasteiger partial charge on any atom is 0.358 e. The van der Waals surface area contributed by atoms with Crippen LogP contribution in [0.3, 0.4) is 0 Å². The Labute approximate surface area is 135 Å². The van der Waals surface area contributed by atoms with E-state index < -0.39 is 5.97 Å². The van der Waals surface area contributed by atoms with E-state index >= 15 is 0 Å². The van der Waals surface area contributed by atoms with Crippen LogP contribution >= 0.6 is 0 Å². The lowest BCUT2D eigenvalue weighted by molar-refractivity contribution is 0.0593. The third-order valence-electron chi connectivity index (χ3n) is 3.61. The Balaban J connectivity index is 1.60. The van der Waals surface area contributed by atoms with Crippen molar-refractivity contribution in [2.75, 3.05) is 7.11 Å². The van der Waals surface area contributed by atoms with E-state index in [1.165, 1.54) is 7.11 Å². The number of nitrogens with zero attached hydrogens (tertiary/aromatic N) is 6. The molecule has 0 aliphatic heterocycles. The van der Waals surface area contributed by atoms with Crippen LogP contribution in [0.25, 0.3) is 16.6 Å². The van der Waals surface area contributed by atoms with Gasteiger partial charge in [0, 0.05) is 11.6 Å². The lowest BCUT2D eigenvalue weighted by atomic mass is 10.2. The predicted octanol–water partition coefficient (Wildman–Crippen LogP) is 1.17. The van der Waals surface area contributed by atoms with E-state index in [0.717, 1.165) is 22.3 Å². The molecule has 9 heteroatoms. The molecule has 0 fully saturated rings. The molecule has 3 aromatic heterocycles. The first-order chi connectivity index (χ1) is 11.7. The SMILES string of the molecule is COC(=O)c1ccn(Cc2cn(-c3cccc4[nH]ncc34)nn2)n1. The lowest BCUT2D eigenvalue weighted by Gasteiger charge is -2.01. The molecule has 24 heavy (non-hydrogen) atoms. The van der Waals surface area contributed by atoms with Gasteiger partial charge in [-0.15, -0.1) is 5.10 Å². The number of nitrogens with one attached hydrogen (secondary N) is 1. The molecule has 4 rings (SSSR count). The van der Waals surface area contributed by atoms with Gasteiger partial charge >= 0.3 is 5.97 Å². The minimum atomic E-state index is -0.468. The van der Waals surface area contributed by atoms with Crippen molar-refractivity contribution in [2.24, 2.45) is 0 Å². The van der Waals surface area contributed by atoms with Gasteiger partial charge in [0.05, 0.1) is 37.3 Å². The second-order valence-electron chi connectivity index (χ2n) is 5.15. The second kappa shape index (κ2) is 5.61. The number of fused-ring (bicyclic) bond motifs is 1. The molecule has 0 amide bonds. The third kappa shape index (κ3) is 2.41. The molecule has 0 aliphatic carbocycles. The summed E-state index contributed by atoms with van der Waals surface area (Å²) in [4.78, 5) is 11.4. The number of hydrogen-bond acceptors (Lipinski definition) is 6. The number of aromatic amines is 1. The van der Waals surface area contributed by atoms with Crippen LogP contribution in [-0.4, -0.2) is 48.1 Å². The normalized spacial score (nSPS) is 11.0. The third-order valence-corrected chi connectivity index (χ3v) is 3.61. The zero-order valence-corrected chi connectivity index (χ0v) is 12.7. The predicted molar refractivity (Wildman–Crippen MR) is 83.7 cm³/mol. The minimum absolute atomic E-state index is 0.257. The van der Waals surface area contributed by atoms with Crippen molar-refractivity contribution in [3.8, 4) is 5.69 Å². The largest absolute Gasteiger partial charge is 0.464 e. The zero-order valence-electron chi connectivity index (χ0n) is 12.7. The van der Waals surface area contributed by atoms with Crippen LogP contribution in [0.1, 0.15) is 16.2 Å². The molecule has 0 unspecified atom stereocenters. The molecule has 3 heterocycles. The number of aromatic nitrogens is 7. The molecule has 0 bridgehead atoms. The molecule has 0 saturated carbocycles. The summed E-state index contributed by atoms with van der Waals surface area (Å²) in [6.07, 6.45) is 5.27. The molecule has 0 spiro atoms. The van der Waals surface area contributed by atoms with Crippen LogP contribution in [0, 0.1) is 0 Å². The molecule has 1 aromatic carbocycles. The maximum atomic E-state index is 11.4. The minimum Gasteiger partial charge on any atom is -0.464 e. The molecular weight excluding hydrogens is 310 g/mol. The maximum absolute atomic E-state index is 11.4. The van der Waals surface area contributed by atoms with E-state index in [2.05, 4.69) is 30.3 Å². The van der Waals surface area contributed by atoms with Crippen molar-refractivity contribution in [1.29, 1.82) is 0 Å². The van der Waals surface area contributed by atoms with Gasteiger partial charge in [0.15, 0.2) is 5.69 Å². The van der Waals surface area contributed by atoms with E-state index in [-0.39, 0.29) is 5.69 Å². The number of benzene rings is 1. The number of methoxy groups -OCH3 is 1. The highest BCUT2D eigenvalue weighted by atomic mass is 16.5. The molecule has 0 radical (unpaired) electrons. The Morgan fingerprint density at radius 3 is 3.12 bits per heavy atom. The molecule has 0 aliphatic rings. The summed E-state index contributed by atoms with van der Waals surface area (Å²) in [5, 5.41) is 20.4. The van der Waals surface area contributed by atoms with Crippen molar-refractivity contribution in [3.63, 3.8) is 0 Å². The molecule has 9 nitrogen and oxygen atoms in total. The van der Waals surface area contributed by atoms with Gasteiger partial charge < -0.3 is 4.74 Å². The highest BCUT2D eigenvalue weighted by molar-refractivity contribution is 5.87. The second-order valence-corrected chi connectivity index (χ2v) is 5.15. The van der Waals surface area contributed by atoms with Crippen LogP contribution in [0.15, 0.2) is 42.9 Å². The van der Waals surface area contributed by atoms with Gasteiger partial charge in [-0.25, -0.2) is 9.48 Å². The molecule has 120 valence electrons. The number of esters is 1. The average molecular weight is 323 g/mol. The van der Waals surface area contributed by atoms with Crippen LogP contribution in [0.5, 0.6) is 0 Å². The first-order valence-corrected chi connectivity index (χ1v) is 7.20. The molecule has 4 aromatic rings. The Hall–Kier alpha value is -3.49. The fourth-order valence-electron chi connectivity index (χ4n) is 2.47. The fraction of sp³-hybridized carbons (Fsp3) is 0.133. The van der Waals surface area contributed by atoms with Gasteiger partial charge in [-0.3, -0.25) is 9.78 Å². The van der Waals surface area contributed by atoms with E-state index in [4.69, 9.17) is 0 Å². The first kappa shape index (κ1) is 14.1. The number of carbonyl (C=O) groups excluding carboxylic acids is 1. The summed E-state index contributed by atoms with van der Waals surface area (Å²) in [5.41, 5.74) is 2.79. The van der Waals surface area contributed by atoms with E-state index in [9.17, 15) is 4.79 Å². The summed E-state index contributed by atoms with van der Waals surface area (Å²) in [6, 6.07) is 7.41. The number of ether oxygens (including phenoxy) is 1. The summed E-state index contributed by atoms with van der Waals surface area (Å²) < 4.78 is 7.94. The van der Waals surface area contributed by atoms with E-state index in [1.54, 1.807) is 27.8 Å². The van der Waals surface area contributed by atoms with Crippen molar-refractivity contribution >= 4 is 16.9 Å². The van der Waals surface area contributed by atoms with Crippen LogP contribution in [0.2, 0.25) is 0 Å². The summed E-state index contributed by atoms with van der Waals surface area (Å²) in [7, 11) is 1.32. The summed E-state index contributed by atoms with van der Waals surface area (Å²) >= 11 is 0. The van der Waals surface area contributed by atoms with E-state index in [0.29, 0.717) is 6.54 Å². The first-order valence-electron chi connectivity index (χ1n) is 7.20. The Kier molecular flexibility index (Phi) is 3.30. The monoisotopic (exact) mass is 323 g/mol. The topological polar surface area (TPSA) is 104 Å². The number of hydrogen-bond donors (Lipinski definition) is 1. The van der Waals surface area contributed by atoms with Gasteiger partial charge in [-0.2, -0.15) is 10.2 Å². The summed E-state index contributed by atoms with van der Waals surface area (Å²) in [5.74, 6) is -0.468. The van der Waals surface area contributed by atoms with Crippen molar-refractivity contribution in [1.82, 2.24) is 35.0 Å². The Morgan fingerprint density at radius 2 is 2.25 bits per heavy atom. The van der Waals surface area contributed by atoms with Gasteiger partial charge in [0.25, 0.3) is 0 Å². The average Bonchev–Trinajstić information content (AvgIpc) is 3.34. The quantitative estimate of drug-likeness (QED) is 0.566. The lowest BCUT2D eigenvalue weighted by Crippen LogP contribution is -2.06. The van der Waals surface area contributed by atoms with Crippen molar-refractivity contribution in [3.05, 3.63) is 54.2 Å². The highest BCUT2D eigenvalue weighted by Crippen LogP contribution is 2.19. The van der Waals surface area contributed by atoms with Crippen molar-refractivity contribution < 1.29 is 9.53 Å². The zero-order chi connectivity index (χ0) is 16.5. The Bertz CT molecular complexity index is 1010. The highest BCUT2D eigenvalue weighted by Gasteiger charge is 2.11. The smallest absolute Gasteiger partial charge is 0.358 e. The van der Waals surface area contributed by atoms with Crippen LogP contribution in [0.4, 0.5) is 0 Å². The number of rotatable bonds is 4. The molecule has 0 atom stereocenters. The number of carbonyl (C=O) groups is 1. The molecular formula is C15H13N7O2. The van der Waals surface area contributed by atoms with Gasteiger partial charge in [0.1, 0.15) is 5.69 Å². The number of H-pyrrole nitrogens is 1. The standard InChI is InChI=1S/C15H13N7O2/c1-24-15(23)13-5-6-21(19-13)8-10-9-22(20-17-10)14-4-2-3-12-11(14)7-16-18-12/h2-7,9H,8H2,1H3,(H,16,18). The van der Waals surface area contributed by atoms with Crippen LogP contribution in [-0.2, 0) is 11.3 Å². The van der Waals surface area contributed by atoms with E-state index in [1.807, 2.05) is 24.4 Å². The summed E-state index contributed by atoms with van der Waals surface area (Å²) in [6.45, 7) is 0.401. The van der Waals surface area contributed by atoms with Gasteiger partial charge in [-0.1, -0.05) is 11.3 Å². The molecule has 0 saturated heterocycles. The van der Waals surface area contributed by atoms with Crippen LogP contribution < -0.4 is 0 Å². The Morgan fingerprint density at radius 1 is 1.33 bits per heavy atom. The fourth-order valence-corrected chi connectivity index (χ4v) is 2.47. The van der Waals surface area contributed by atoms with Gasteiger partial charge in [-0.05, 0) is 18.2 Å². The molecule has 1 N–H and O–H groups in total. The van der Waals surface area contributed by atoms with Gasteiger partial charge in [0.2, 0.25) is 0 Å². The van der Waals surface area contributed by atoms with Crippen molar-refractivity contribution in [2.45, 2.75) is 6.54 Å².